The van der Waals surface area contributed by atoms with E-state index in [2.05, 4.69) is 10.1 Å². The number of alkyl halides is 3. The fourth-order valence-corrected chi connectivity index (χ4v) is 2.38. The molecule has 0 radical (unpaired) electrons. The zero-order valence-corrected chi connectivity index (χ0v) is 14.4. The zero-order chi connectivity index (χ0) is 20.0. The normalized spacial score (nSPS) is 11.4. The van der Waals surface area contributed by atoms with Crippen LogP contribution < -0.4 is 5.32 Å². The number of carboxylic acids is 1. The number of aryl methyl sites for hydroxylation is 1. The Morgan fingerprint density at radius 2 is 1.81 bits per heavy atom. The van der Waals surface area contributed by atoms with E-state index in [0.717, 1.165) is 5.56 Å². The van der Waals surface area contributed by atoms with Crippen molar-refractivity contribution in [3.63, 3.8) is 0 Å². The van der Waals surface area contributed by atoms with E-state index in [-0.39, 0.29) is 24.5 Å². The topological polar surface area (TPSA) is 88.8 Å². The molecule has 27 heavy (non-hydrogen) atoms. The maximum absolute atomic E-state index is 12.3. The highest BCUT2D eigenvalue weighted by Crippen LogP contribution is 2.18. The molecule has 0 aliphatic heterocycles. The van der Waals surface area contributed by atoms with Gasteiger partial charge < -0.3 is 19.6 Å². The van der Waals surface area contributed by atoms with Crippen LogP contribution >= 0.6 is 0 Å². The number of carbonyl (C=O) groups is 2. The van der Waals surface area contributed by atoms with Crippen LogP contribution in [0.3, 0.4) is 0 Å². The molecule has 2 N–H and O–H groups in total. The molecule has 2 aromatic rings. The Labute approximate surface area is 152 Å². The second-order valence-corrected chi connectivity index (χ2v) is 5.89. The Morgan fingerprint density at radius 1 is 1.19 bits per heavy atom. The smallest absolute Gasteiger partial charge is 0.411 e. The monoisotopic (exact) mass is 385 g/mol. The van der Waals surface area contributed by atoms with Crippen molar-refractivity contribution in [2.45, 2.75) is 32.7 Å². The van der Waals surface area contributed by atoms with Gasteiger partial charge in [0.05, 0.1) is 18.4 Å². The predicted octanol–water partition coefficient (Wildman–Crippen LogP) is 3.22. The Balaban J connectivity index is 1.90. The third kappa shape index (κ3) is 6.45. The molecule has 0 fully saturated rings. The second kappa shape index (κ2) is 8.72. The summed E-state index contributed by atoms with van der Waals surface area (Å²) in [6, 6.07) is 6.54. The summed E-state index contributed by atoms with van der Waals surface area (Å²) in [5.41, 5.74) is 2.02. The van der Waals surface area contributed by atoms with Crippen LogP contribution in [0.1, 0.15) is 32.8 Å². The van der Waals surface area contributed by atoms with Crippen molar-refractivity contribution < 1.29 is 37.0 Å². The van der Waals surface area contributed by atoms with E-state index >= 15 is 0 Å². The van der Waals surface area contributed by atoms with Gasteiger partial charge in [-0.1, -0.05) is 24.3 Å². The lowest BCUT2D eigenvalue weighted by Gasteiger charge is -2.09. The van der Waals surface area contributed by atoms with Crippen molar-refractivity contribution in [2.24, 2.45) is 0 Å². The molecule has 1 amide bonds. The lowest BCUT2D eigenvalue weighted by atomic mass is 10.1. The number of aliphatic carboxylic acids is 1. The number of hydrogen-bond donors (Lipinski definition) is 2. The Bertz CT molecular complexity index is 796. The van der Waals surface area contributed by atoms with Gasteiger partial charge in [-0.2, -0.15) is 13.2 Å². The van der Waals surface area contributed by atoms with Gasteiger partial charge in [-0.25, -0.2) is 0 Å². The molecule has 0 saturated carbocycles. The molecular weight excluding hydrogens is 367 g/mol. The molecule has 1 aromatic heterocycles. The summed E-state index contributed by atoms with van der Waals surface area (Å²) < 4.78 is 45.8. The summed E-state index contributed by atoms with van der Waals surface area (Å²) in [7, 11) is 0. The van der Waals surface area contributed by atoms with Crippen LogP contribution in [0.25, 0.3) is 0 Å². The van der Waals surface area contributed by atoms with Gasteiger partial charge in [0.15, 0.2) is 0 Å². The number of nitrogens with one attached hydrogen (secondary N) is 1. The molecule has 1 aromatic carbocycles. The molecule has 0 saturated heterocycles. The van der Waals surface area contributed by atoms with Crippen LogP contribution in [0.4, 0.5) is 13.2 Å². The van der Waals surface area contributed by atoms with Crippen LogP contribution in [0, 0.1) is 6.92 Å². The van der Waals surface area contributed by atoms with Gasteiger partial charge in [0, 0.05) is 12.1 Å². The molecular formula is C18H18F3NO5. The number of rotatable bonds is 8. The number of hydrogen-bond acceptors (Lipinski definition) is 4. The van der Waals surface area contributed by atoms with Gasteiger partial charge in [-0.05, 0) is 18.1 Å². The van der Waals surface area contributed by atoms with E-state index in [0.29, 0.717) is 11.1 Å². The lowest BCUT2D eigenvalue weighted by Crippen LogP contribution is -2.24. The quantitative estimate of drug-likeness (QED) is 0.728. The molecule has 6 nitrogen and oxygen atoms in total. The van der Waals surface area contributed by atoms with E-state index in [1.165, 1.54) is 6.26 Å². The number of carbonyl (C=O) groups excluding carboxylic acids is 1. The first-order chi connectivity index (χ1) is 12.7. The molecule has 0 spiro atoms. The van der Waals surface area contributed by atoms with E-state index in [9.17, 15) is 22.8 Å². The minimum atomic E-state index is -4.37. The van der Waals surface area contributed by atoms with E-state index in [1.807, 2.05) is 0 Å². The Kier molecular flexibility index (Phi) is 6.62. The van der Waals surface area contributed by atoms with Gasteiger partial charge >= 0.3 is 12.1 Å². The third-order valence-electron chi connectivity index (χ3n) is 3.60. The number of benzene rings is 1. The summed E-state index contributed by atoms with van der Waals surface area (Å²) in [5.74, 6) is -1.49. The van der Waals surface area contributed by atoms with Gasteiger partial charge in [-0.15, -0.1) is 0 Å². The SMILES string of the molecule is Cc1coc(CC(=O)O)c1C(=O)NCc1ccc(COCC(F)(F)F)cc1. The van der Waals surface area contributed by atoms with Crippen LogP contribution in [-0.2, 0) is 29.1 Å². The first-order valence-electron chi connectivity index (χ1n) is 7.95. The summed E-state index contributed by atoms with van der Waals surface area (Å²) in [5, 5.41) is 11.5. The zero-order valence-electron chi connectivity index (χ0n) is 14.4. The average molecular weight is 385 g/mol. The third-order valence-corrected chi connectivity index (χ3v) is 3.60. The highest BCUT2D eigenvalue weighted by Gasteiger charge is 2.27. The summed E-state index contributed by atoms with van der Waals surface area (Å²) in [6.45, 7) is 0.325. The van der Waals surface area contributed by atoms with E-state index in [1.54, 1.807) is 31.2 Å². The molecule has 0 atom stereocenters. The lowest BCUT2D eigenvalue weighted by molar-refractivity contribution is -0.176. The molecule has 146 valence electrons. The van der Waals surface area contributed by atoms with Crippen molar-refractivity contribution >= 4 is 11.9 Å². The molecule has 0 unspecified atom stereocenters. The van der Waals surface area contributed by atoms with E-state index in [4.69, 9.17) is 9.52 Å². The molecule has 0 aliphatic carbocycles. The minimum Gasteiger partial charge on any atom is -0.481 e. The van der Waals surface area contributed by atoms with Crippen molar-refractivity contribution in [1.82, 2.24) is 5.32 Å². The van der Waals surface area contributed by atoms with Gasteiger partial charge in [0.2, 0.25) is 0 Å². The highest BCUT2D eigenvalue weighted by molar-refractivity contribution is 5.97. The van der Waals surface area contributed by atoms with Crippen molar-refractivity contribution in [3.05, 3.63) is 58.5 Å². The Morgan fingerprint density at radius 3 is 2.41 bits per heavy atom. The van der Waals surface area contributed by atoms with Crippen molar-refractivity contribution in [3.8, 4) is 0 Å². The number of ether oxygens (including phenoxy) is 1. The van der Waals surface area contributed by atoms with Gasteiger partial charge in [0.25, 0.3) is 5.91 Å². The molecule has 9 heteroatoms. The largest absolute Gasteiger partial charge is 0.481 e. The number of furan rings is 1. The summed E-state index contributed by atoms with van der Waals surface area (Å²) >= 11 is 0. The van der Waals surface area contributed by atoms with Crippen LogP contribution in [0.2, 0.25) is 0 Å². The Hall–Kier alpha value is -2.81. The van der Waals surface area contributed by atoms with Gasteiger partial charge in [0.1, 0.15) is 18.8 Å². The standard InChI is InChI=1S/C18H18F3NO5/c1-11-8-27-14(6-15(23)24)16(11)17(25)22-7-12-2-4-13(5-3-12)9-26-10-18(19,20)21/h2-5,8H,6-7,9-10H2,1H3,(H,22,25)(H,23,24). The maximum atomic E-state index is 12.3. The van der Waals surface area contributed by atoms with Crippen molar-refractivity contribution in [2.75, 3.05) is 6.61 Å². The molecule has 0 aliphatic rings. The van der Waals surface area contributed by atoms with Crippen LogP contribution in [0.5, 0.6) is 0 Å². The molecule has 2 rings (SSSR count). The predicted molar refractivity (Wildman–Crippen MR) is 88.1 cm³/mol. The minimum absolute atomic E-state index is 0.0784. The number of carboxylic acid groups (broad SMARTS) is 1. The fourth-order valence-electron chi connectivity index (χ4n) is 2.38. The number of amides is 1. The molecule has 0 bridgehead atoms. The maximum Gasteiger partial charge on any atom is 0.411 e. The number of halogens is 3. The molecule has 1 heterocycles. The average Bonchev–Trinajstić information content (AvgIpc) is 2.92. The second-order valence-electron chi connectivity index (χ2n) is 5.89. The van der Waals surface area contributed by atoms with Crippen LogP contribution in [-0.4, -0.2) is 29.8 Å². The first kappa shape index (κ1) is 20.5. The van der Waals surface area contributed by atoms with Crippen LogP contribution in [0.15, 0.2) is 34.9 Å². The fraction of sp³-hybridized carbons (Fsp3) is 0.333. The summed E-state index contributed by atoms with van der Waals surface area (Å²) in [6.07, 6.45) is -3.44. The van der Waals surface area contributed by atoms with Gasteiger partial charge in [-0.3, -0.25) is 9.59 Å². The summed E-state index contributed by atoms with van der Waals surface area (Å²) in [4.78, 5) is 23.1. The van der Waals surface area contributed by atoms with E-state index < -0.39 is 31.1 Å². The first-order valence-corrected chi connectivity index (χ1v) is 7.95. The highest BCUT2D eigenvalue weighted by atomic mass is 19.4. The van der Waals surface area contributed by atoms with Crippen molar-refractivity contribution in [1.29, 1.82) is 0 Å².